The number of aromatic nitrogens is 1. The molecule has 0 aliphatic heterocycles. The molecule has 32 heavy (non-hydrogen) atoms. The van der Waals surface area contributed by atoms with Gasteiger partial charge in [0.1, 0.15) is 11.6 Å². The fourth-order valence-corrected chi connectivity index (χ4v) is 3.81. The molecule has 0 saturated heterocycles. The first kappa shape index (κ1) is 21.8. The van der Waals surface area contributed by atoms with E-state index in [9.17, 15) is 27.5 Å². The van der Waals surface area contributed by atoms with Crippen molar-refractivity contribution < 1.29 is 32.2 Å². The second-order valence-electron chi connectivity index (χ2n) is 6.92. The second kappa shape index (κ2) is 8.58. The Morgan fingerprint density at radius 3 is 2.69 bits per heavy atom. The molecule has 1 aliphatic rings. The maximum Gasteiger partial charge on any atom is 0.573 e. The van der Waals surface area contributed by atoms with Crippen LogP contribution in [0.15, 0.2) is 52.9 Å². The zero-order chi connectivity index (χ0) is 22.9. The van der Waals surface area contributed by atoms with Crippen LogP contribution in [0.5, 0.6) is 5.75 Å². The average molecular weight is 465 g/mol. The standard InChI is InChI=1S/C21H15F4N3O3S/c22-13-6-5-12(16(9-13)19(29)30)10-26-28(14-7-8-14)20-27-17(11-32-20)15-3-1-2-4-18(15)31-21(23,24)25/h1-6,9-11,14H,7-8H2,(H,29,30)/b26-10+. The Balaban J connectivity index is 1.63. The highest BCUT2D eigenvalue weighted by Gasteiger charge is 2.33. The summed E-state index contributed by atoms with van der Waals surface area (Å²) in [5.41, 5.74) is 0.449. The minimum atomic E-state index is -4.84. The van der Waals surface area contributed by atoms with Crippen molar-refractivity contribution in [2.45, 2.75) is 25.2 Å². The number of halogens is 4. The lowest BCUT2D eigenvalue weighted by molar-refractivity contribution is -0.274. The topological polar surface area (TPSA) is 75.0 Å². The van der Waals surface area contributed by atoms with E-state index in [1.165, 1.54) is 41.8 Å². The Morgan fingerprint density at radius 1 is 1.25 bits per heavy atom. The number of benzene rings is 2. The third-order valence-electron chi connectivity index (χ3n) is 4.54. The molecule has 0 spiro atoms. The van der Waals surface area contributed by atoms with Crippen molar-refractivity contribution >= 4 is 28.7 Å². The predicted octanol–water partition coefficient (Wildman–Crippen LogP) is 5.55. The number of carboxylic acid groups (broad SMARTS) is 1. The molecule has 6 nitrogen and oxygen atoms in total. The van der Waals surface area contributed by atoms with Gasteiger partial charge in [-0.15, -0.1) is 24.5 Å². The van der Waals surface area contributed by atoms with E-state index in [-0.39, 0.29) is 28.5 Å². The molecular weight excluding hydrogens is 450 g/mol. The molecule has 0 amide bonds. The van der Waals surface area contributed by atoms with Gasteiger partial charge in [0, 0.05) is 16.5 Å². The molecule has 1 aliphatic carbocycles. The van der Waals surface area contributed by atoms with Gasteiger partial charge in [-0.3, -0.25) is 0 Å². The van der Waals surface area contributed by atoms with E-state index >= 15 is 0 Å². The number of anilines is 1. The lowest BCUT2D eigenvalue weighted by Crippen LogP contribution is -2.19. The quantitative estimate of drug-likeness (QED) is 0.281. The molecule has 1 fully saturated rings. The molecular formula is C21H15F4N3O3S. The Bertz CT molecular complexity index is 1180. The van der Waals surface area contributed by atoms with Crippen molar-refractivity contribution in [3.63, 3.8) is 0 Å². The van der Waals surface area contributed by atoms with Crippen LogP contribution < -0.4 is 9.75 Å². The summed E-state index contributed by atoms with van der Waals surface area (Å²) in [7, 11) is 0. The van der Waals surface area contributed by atoms with Gasteiger partial charge in [-0.2, -0.15) is 5.10 Å². The smallest absolute Gasteiger partial charge is 0.478 e. The zero-order valence-electron chi connectivity index (χ0n) is 16.2. The number of hydrogen-bond donors (Lipinski definition) is 1. The minimum Gasteiger partial charge on any atom is -0.478 e. The van der Waals surface area contributed by atoms with E-state index < -0.39 is 18.1 Å². The first-order valence-electron chi connectivity index (χ1n) is 9.38. The molecule has 0 atom stereocenters. The lowest BCUT2D eigenvalue weighted by atomic mass is 10.1. The predicted molar refractivity (Wildman–Crippen MR) is 111 cm³/mol. The average Bonchev–Trinajstić information content (AvgIpc) is 3.45. The van der Waals surface area contributed by atoms with E-state index in [4.69, 9.17) is 0 Å². The molecule has 2 aromatic carbocycles. The van der Waals surface area contributed by atoms with Crippen LogP contribution in [0.4, 0.5) is 22.7 Å². The van der Waals surface area contributed by atoms with Gasteiger partial charge in [-0.25, -0.2) is 19.2 Å². The van der Waals surface area contributed by atoms with Gasteiger partial charge in [-0.1, -0.05) is 12.1 Å². The molecule has 0 bridgehead atoms. The van der Waals surface area contributed by atoms with E-state index in [2.05, 4.69) is 14.8 Å². The number of ether oxygens (including phenoxy) is 1. The lowest BCUT2D eigenvalue weighted by Gasteiger charge is -2.15. The number of aromatic carboxylic acids is 1. The summed E-state index contributed by atoms with van der Waals surface area (Å²) in [6, 6.07) is 9.07. The van der Waals surface area contributed by atoms with Gasteiger partial charge in [0.2, 0.25) is 5.13 Å². The van der Waals surface area contributed by atoms with Crippen molar-refractivity contribution in [2.75, 3.05) is 5.01 Å². The number of thiazole rings is 1. The fourth-order valence-electron chi connectivity index (χ4n) is 2.95. The largest absolute Gasteiger partial charge is 0.573 e. The van der Waals surface area contributed by atoms with Crippen molar-refractivity contribution in [1.29, 1.82) is 0 Å². The molecule has 4 rings (SSSR count). The molecule has 11 heteroatoms. The normalized spacial score (nSPS) is 14.0. The molecule has 0 radical (unpaired) electrons. The van der Waals surface area contributed by atoms with Crippen molar-refractivity contribution in [3.05, 3.63) is 64.8 Å². The first-order chi connectivity index (χ1) is 15.2. The van der Waals surface area contributed by atoms with Gasteiger partial charge in [0.15, 0.2) is 0 Å². The SMILES string of the molecule is O=C(O)c1cc(F)ccc1/C=N/N(c1nc(-c2ccccc2OC(F)(F)F)cs1)C1CC1. The monoisotopic (exact) mass is 465 g/mol. The van der Waals surface area contributed by atoms with Gasteiger partial charge in [0.05, 0.1) is 23.5 Å². The highest BCUT2D eigenvalue weighted by Crippen LogP contribution is 2.39. The Labute approximate surface area is 183 Å². The summed E-state index contributed by atoms with van der Waals surface area (Å²) < 4.78 is 55.7. The number of hydrogen-bond acceptors (Lipinski definition) is 6. The summed E-state index contributed by atoms with van der Waals surface area (Å²) in [6.45, 7) is 0. The van der Waals surface area contributed by atoms with Crippen LogP contribution in [0.3, 0.4) is 0 Å². The molecule has 1 N–H and O–H groups in total. The maximum absolute atomic E-state index is 13.4. The van der Waals surface area contributed by atoms with Crippen LogP contribution in [0.2, 0.25) is 0 Å². The van der Waals surface area contributed by atoms with Crippen molar-refractivity contribution in [2.24, 2.45) is 5.10 Å². The summed E-state index contributed by atoms with van der Waals surface area (Å²) in [4.78, 5) is 15.8. The summed E-state index contributed by atoms with van der Waals surface area (Å²) in [5.74, 6) is -2.33. The number of hydrazone groups is 1. The minimum absolute atomic E-state index is 0.0284. The molecule has 1 aromatic heterocycles. The number of para-hydroxylation sites is 1. The van der Waals surface area contributed by atoms with Gasteiger partial charge >= 0.3 is 12.3 Å². The molecule has 1 saturated carbocycles. The van der Waals surface area contributed by atoms with Crippen molar-refractivity contribution in [3.8, 4) is 17.0 Å². The molecule has 1 heterocycles. The highest BCUT2D eigenvalue weighted by molar-refractivity contribution is 7.14. The van der Waals surface area contributed by atoms with Crippen LogP contribution in [0.25, 0.3) is 11.3 Å². The number of rotatable bonds is 7. The third-order valence-corrected chi connectivity index (χ3v) is 5.37. The Kier molecular flexibility index (Phi) is 5.83. The summed E-state index contributed by atoms with van der Waals surface area (Å²) in [6.07, 6.45) is -1.87. The van der Waals surface area contributed by atoms with Crippen molar-refractivity contribution in [1.82, 2.24) is 4.98 Å². The highest BCUT2D eigenvalue weighted by atomic mass is 32.1. The summed E-state index contributed by atoms with van der Waals surface area (Å²) >= 11 is 1.18. The number of alkyl halides is 3. The molecule has 0 unspecified atom stereocenters. The second-order valence-corrected chi connectivity index (χ2v) is 7.75. The van der Waals surface area contributed by atoms with E-state index in [1.807, 2.05) is 0 Å². The van der Waals surface area contributed by atoms with Crippen LogP contribution >= 0.6 is 11.3 Å². The van der Waals surface area contributed by atoms with E-state index in [0.717, 1.165) is 25.0 Å². The Hall–Kier alpha value is -3.47. The maximum atomic E-state index is 13.4. The van der Waals surface area contributed by atoms with Crippen LogP contribution in [-0.2, 0) is 0 Å². The number of nitrogens with zero attached hydrogens (tertiary/aromatic N) is 3. The Morgan fingerprint density at radius 2 is 2.00 bits per heavy atom. The first-order valence-corrected chi connectivity index (χ1v) is 10.3. The summed E-state index contributed by atoms with van der Waals surface area (Å²) in [5, 5.41) is 17.3. The molecule has 3 aromatic rings. The molecule has 166 valence electrons. The van der Waals surface area contributed by atoms with E-state index in [0.29, 0.717) is 10.8 Å². The van der Waals surface area contributed by atoms with Gasteiger partial charge in [-0.05, 0) is 43.2 Å². The van der Waals surface area contributed by atoms with Crippen LogP contribution in [0, 0.1) is 5.82 Å². The third kappa shape index (κ3) is 5.05. The van der Waals surface area contributed by atoms with Crippen LogP contribution in [0.1, 0.15) is 28.8 Å². The van der Waals surface area contributed by atoms with Gasteiger partial charge in [0.25, 0.3) is 0 Å². The number of carbonyl (C=O) groups is 1. The van der Waals surface area contributed by atoms with Crippen LogP contribution in [-0.4, -0.2) is 34.7 Å². The fraction of sp³-hybridized carbons (Fsp3) is 0.190. The van der Waals surface area contributed by atoms with Gasteiger partial charge < -0.3 is 9.84 Å². The van der Waals surface area contributed by atoms with E-state index in [1.54, 1.807) is 16.5 Å². The number of carboxylic acids is 1. The zero-order valence-corrected chi connectivity index (χ0v) is 17.0.